The highest BCUT2D eigenvalue weighted by Gasteiger charge is 2.02. The average molecular weight is 324 g/mol. The monoisotopic (exact) mass is 324 g/mol. The van der Waals surface area contributed by atoms with Crippen molar-refractivity contribution in [3.8, 4) is 6.07 Å². The second kappa shape index (κ2) is 9.11. The first-order valence-electron chi connectivity index (χ1n) is 7.50. The number of rotatable bonds is 6. The second-order valence-electron chi connectivity index (χ2n) is 5.03. The van der Waals surface area contributed by atoms with Crippen LogP contribution in [0.25, 0.3) is 6.08 Å². The van der Waals surface area contributed by atoms with Crippen molar-refractivity contribution < 1.29 is 13.9 Å². The van der Waals surface area contributed by atoms with Crippen molar-refractivity contribution in [2.24, 2.45) is 0 Å². The third-order valence-electron chi connectivity index (χ3n) is 3.21. The number of nitrogens with zero attached hydrogens (tertiary/aromatic N) is 1. The van der Waals surface area contributed by atoms with Crippen LogP contribution < -0.4 is 5.32 Å². The lowest BCUT2D eigenvalue weighted by atomic mass is 10.1. The fourth-order valence-corrected chi connectivity index (χ4v) is 1.98. The second-order valence-corrected chi connectivity index (χ2v) is 5.03. The van der Waals surface area contributed by atoms with Crippen LogP contribution in [0.1, 0.15) is 23.1 Å². The molecule has 2 aromatic carbocycles. The van der Waals surface area contributed by atoms with Crippen LogP contribution >= 0.6 is 0 Å². The Morgan fingerprint density at radius 3 is 2.79 bits per heavy atom. The van der Waals surface area contributed by atoms with Gasteiger partial charge < -0.3 is 10.1 Å². The predicted octanol–water partition coefficient (Wildman–Crippen LogP) is 4.03. The van der Waals surface area contributed by atoms with Crippen LogP contribution in [0, 0.1) is 17.1 Å². The van der Waals surface area contributed by atoms with Crippen LogP contribution in [0.4, 0.5) is 9.18 Å². The van der Waals surface area contributed by atoms with E-state index in [4.69, 9.17) is 10.00 Å². The SMILES string of the molecule is N#Cc1cc(C=CCCNC(=O)OCc2ccccc2)ccc1F. The first kappa shape index (κ1) is 17.2. The lowest BCUT2D eigenvalue weighted by Crippen LogP contribution is -2.24. The summed E-state index contributed by atoms with van der Waals surface area (Å²) in [5, 5.41) is 11.4. The normalized spacial score (nSPS) is 10.3. The number of halogens is 1. The minimum absolute atomic E-state index is 0.0137. The number of ether oxygens (including phenoxy) is 1. The van der Waals surface area contributed by atoms with E-state index >= 15 is 0 Å². The minimum Gasteiger partial charge on any atom is -0.445 e. The summed E-state index contributed by atoms with van der Waals surface area (Å²) in [6.45, 7) is 0.658. The third kappa shape index (κ3) is 5.58. The van der Waals surface area contributed by atoms with Crippen molar-refractivity contribution >= 4 is 12.2 Å². The zero-order valence-corrected chi connectivity index (χ0v) is 13.0. The summed E-state index contributed by atoms with van der Waals surface area (Å²) in [5.41, 5.74) is 1.68. The van der Waals surface area contributed by atoms with Gasteiger partial charge in [0.25, 0.3) is 0 Å². The van der Waals surface area contributed by atoms with Crippen molar-refractivity contribution in [3.05, 3.63) is 77.1 Å². The molecule has 0 fully saturated rings. The maximum absolute atomic E-state index is 13.2. The van der Waals surface area contributed by atoms with Gasteiger partial charge in [-0.2, -0.15) is 5.26 Å². The van der Waals surface area contributed by atoms with E-state index in [9.17, 15) is 9.18 Å². The van der Waals surface area contributed by atoms with Crippen LogP contribution in [-0.2, 0) is 11.3 Å². The number of carbonyl (C=O) groups is 1. The molecule has 2 aromatic rings. The van der Waals surface area contributed by atoms with Crippen molar-refractivity contribution in [1.82, 2.24) is 5.32 Å². The fourth-order valence-electron chi connectivity index (χ4n) is 1.98. The van der Waals surface area contributed by atoms with Crippen molar-refractivity contribution in [1.29, 1.82) is 5.26 Å². The summed E-state index contributed by atoms with van der Waals surface area (Å²) in [6.07, 6.45) is 3.74. The summed E-state index contributed by atoms with van der Waals surface area (Å²) in [6, 6.07) is 15.6. The first-order chi connectivity index (χ1) is 11.7. The maximum Gasteiger partial charge on any atom is 0.407 e. The van der Waals surface area contributed by atoms with E-state index in [0.29, 0.717) is 13.0 Å². The van der Waals surface area contributed by atoms with Gasteiger partial charge in [0, 0.05) is 6.54 Å². The highest BCUT2D eigenvalue weighted by atomic mass is 19.1. The topological polar surface area (TPSA) is 62.1 Å². The van der Waals surface area contributed by atoms with Crippen LogP contribution in [0.3, 0.4) is 0 Å². The molecule has 2 rings (SSSR count). The number of amides is 1. The summed E-state index contributed by atoms with van der Waals surface area (Å²) in [4.78, 5) is 11.5. The lowest BCUT2D eigenvalue weighted by Gasteiger charge is -2.05. The number of nitriles is 1. The average Bonchev–Trinajstić information content (AvgIpc) is 2.62. The largest absolute Gasteiger partial charge is 0.445 e. The summed E-state index contributed by atoms with van der Waals surface area (Å²) < 4.78 is 18.3. The van der Waals surface area contributed by atoms with Gasteiger partial charge in [0.05, 0.1) is 5.56 Å². The first-order valence-corrected chi connectivity index (χ1v) is 7.50. The predicted molar refractivity (Wildman–Crippen MR) is 89.4 cm³/mol. The molecule has 0 bridgehead atoms. The van der Waals surface area contributed by atoms with Crippen molar-refractivity contribution in [3.63, 3.8) is 0 Å². The van der Waals surface area contributed by atoms with Gasteiger partial charge in [0.2, 0.25) is 0 Å². The van der Waals surface area contributed by atoms with Gasteiger partial charge in [-0.3, -0.25) is 0 Å². The number of nitrogens with one attached hydrogen (secondary N) is 1. The molecule has 1 N–H and O–H groups in total. The van der Waals surface area contributed by atoms with Gasteiger partial charge in [-0.25, -0.2) is 9.18 Å². The highest BCUT2D eigenvalue weighted by molar-refractivity contribution is 5.67. The third-order valence-corrected chi connectivity index (χ3v) is 3.21. The Kier molecular flexibility index (Phi) is 6.54. The van der Waals surface area contributed by atoms with E-state index in [2.05, 4.69) is 5.32 Å². The Hall–Kier alpha value is -3.13. The molecule has 0 aliphatic rings. The molecule has 5 heteroatoms. The molecule has 0 aromatic heterocycles. The molecular formula is C19H17FN2O2. The van der Waals surface area contributed by atoms with Crippen LogP contribution in [0.15, 0.2) is 54.6 Å². The van der Waals surface area contributed by atoms with E-state index in [1.54, 1.807) is 18.2 Å². The van der Waals surface area contributed by atoms with E-state index in [-0.39, 0.29) is 12.2 Å². The van der Waals surface area contributed by atoms with E-state index in [1.165, 1.54) is 12.1 Å². The van der Waals surface area contributed by atoms with Crippen LogP contribution in [0.5, 0.6) is 0 Å². The number of carbonyl (C=O) groups excluding carboxylic acids is 1. The van der Waals surface area contributed by atoms with Crippen LogP contribution in [-0.4, -0.2) is 12.6 Å². The summed E-state index contributed by atoms with van der Waals surface area (Å²) in [5.74, 6) is -0.530. The standard InChI is InChI=1S/C19H17FN2O2/c20-18-10-9-15(12-17(18)13-21)6-4-5-11-22-19(23)24-14-16-7-2-1-3-8-16/h1-4,6-10,12H,5,11,14H2,(H,22,23). The maximum atomic E-state index is 13.2. The Morgan fingerprint density at radius 1 is 1.25 bits per heavy atom. The molecule has 1 amide bonds. The molecule has 0 aliphatic heterocycles. The fraction of sp³-hybridized carbons (Fsp3) is 0.158. The zero-order valence-electron chi connectivity index (χ0n) is 13.0. The Morgan fingerprint density at radius 2 is 2.04 bits per heavy atom. The molecule has 24 heavy (non-hydrogen) atoms. The van der Waals surface area contributed by atoms with Gasteiger partial charge in [-0.15, -0.1) is 0 Å². The van der Waals surface area contributed by atoms with E-state index < -0.39 is 11.9 Å². The molecule has 0 radical (unpaired) electrons. The van der Waals surface area contributed by atoms with Crippen molar-refractivity contribution in [2.45, 2.75) is 13.0 Å². The Balaban J connectivity index is 1.69. The van der Waals surface area contributed by atoms with Gasteiger partial charge in [0.15, 0.2) is 0 Å². The molecule has 4 nitrogen and oxygen atoms in total. The molecule has 0 heterocycles. The number of alkyl carbamates (subject to hydrolysis) is 1. The molecule has 0 unspecified atom stereocenters. The molecule has 0 atom stereocenters. The van der Waals surface area contributed by atoms with Crippen molar-refractivity contribution in [2.75, 3.05) is 6.54 Å². The van der Waals surface area contributed by atoms with Gasteiger partial charge in [0.1, 0.15) is 18.5 Å². The lowest BCUT2D eigenvalue weighted by molar-refractivity contribution is 0.140. The molecule has 0 saturated carbocycles. The molecule has 0 spiro atoms. The quantitative estimate of drug-likeness (QED) is 0.816. The number of benzene rings is 2. The summed E-state index contributed by atoms with van der Waals surface area (Å²) in [7, 11) is 0. The Labute approximate surface area is 140 Å². The van der Waals surface area contributed by atoms with E-state index in [0.717, 1.165) is 11.1 Å². The molecule has 0 aliphatic carbocycles. The highest BCUT2D eigenvalue weighted by Crippen LogP contribution is 2.11. The molecular weight excluding hydrogens is 307 g/mol. The smallest absolute Gasteiger partial charge is 0.407 e. The van der Waals surface area contributed by atoms with Gasteiger partial charge in [-0.1, -0.05) is 48.6 Å². The molecule has 0 saturated heterocycles. The van der Waals surface area contributed by atoms with Gasteiger partial charge in [-0.05, 0) is 29.7 Å². The summed E-state index contributed by atoms with van der Waals surface area (Å²) >= 11 is 0. The zero-order chi connectivity index (χ0) is 17.2. The Bertz CT molecular complexity index is 752. The van der Waals surface area contributed by atoms with Gasteiger partial charge >= 0.3 is 6.09 Å². The molecule has 122 valence electrons. The number of hydrogen-bond acceptors (Lipinski definition) is 3. The van der Waals surface area contributed by atoms with Crippen LogP contribution in [0.2, 0.25) is 0 Å². The van der Waals surface area contributed by atoms with E-state index in [1.807, 2.05) is 36.4 Å². The number of hydrogen-bond donors (Lipinski definition) is 1. The minimum atomic E-state index is -0.530.